The van der Waals surface area contributed by atoms with Gasteiger partial charge >= 0.3 is 53.7 Å². The largest absolute Gasteiger partial charge is 0.481 e. The van der Waals surface area contributed by atoms with Crippen molar-refractivity contribution in [2.75, 3.05) is 52.9 Å². The molecule has 18 heteroatoms. The summed E-state index contributed by atoms with van der Waals surface area (Å²) in [6, 6.07) is 0. The summed E-state index contributed by atoms with van der Waals surface area (Å²) in [4.78, 5) is 106. The van der Waals surface area contributed by atoms with Crippen molar-refractivity contribution in [3.05, 3.63) is 0 Å². The highest BCUT2D eigenvalue weighted by Gasteiger charge is 2.12. The lowest BCUT2D eigenvalue weighted by molar-refractivity contribution is -0.148. The Morgan fingerprint density at radius 3 is 0.648 bits per heavy atom. The molecule has 18 nitrogen and oxygen atoms in total. The summed E-state index contributed by atoms with van der Waals surface area (Å²) in [5.41, 5.74) is 0. The number of carboxylic acids is 1. The third-order valence-corrected chi connectivity index (χ3v) is 11.3. The van der Waals surface area contributed by atoms with Gasteiger partial charge in [-0.25, -0.2) is 0 Å². The quantitative estimate of drug-likeness (QED) is 0.0338. The second kappa shape index (κ2) is 48.8. The molecular formula is C53H90O18. The number of carbonyl (C=O) groups is 9. The number of esters is 8. The van der Waals surface area contributed by atoms with Gasteiger partial charge in [-0.05, 0) is 161 Å². The molecule has 71 heavy (non-hydrogen) atoms. The molecule has 0 saturated heterocycles. The summed E-state index contributed by atoms with van der Waals surface area (Å²) >= 11 is 0. The number of hydrogen-bond acceptors (Lipinski definition) is 17. The highest BCUT2D eigenvalue weighted by molar-refractivity contribution is 5.72. The Hall–Kier alpha value is -4.77. The fourth-order valence-electron chi connectivity index (χ4n) is 6.68. The first-order chi connectivity index (χ1) is 34.3. The minimum atomic E-state index is -0.825. The van der Waals surface area contributed by atoms with Gasteiger partial charge in [-0.2, -0.15) is 0 Å². The normalized spacial score (nSPS) is 11.2. The van der Waals surface area contributed by atoms with E-state index in [1.165, 1.54) is 0 Å². The van der Waals surface area contributed by atoms with Gasteiger partial charge < -0.3 is 43.0 Å². The fraction of sp³-hybridized carbons (Fsp3) is 0.830. The minimum absolute atomic E-state index is 0.0901. The summed E-state index contributed by atoms with van der Waals surface area (Å²) in [5, 5.41) is 8.60. The van der Waals surface area contributed by atoms with Crippen molar-refractivity contribution in [3.63, 3.8) is 0 Å². The third-order valence-electron chi connectivity index (χ3n) is 11.3. The predicted octanol–water partition coefficient (Wildman–Crippen LogP) is 9.95. The van der Waals surface area contributed by atoms with Crippen LogP contribution in [0, 0.1) is 5.92 Å². The molecule has 0 aromatic carbocycles. The van der Waals surface area contributed by atoms with Crippen LogP contribution in [-0.2, 0) is 81.0 Å². The van der Waals surface area contributed by atoms with E-state index in [-0.39, 0.29) is 72.9 Å². The van der Waals surface area contributed by atoms with Gasteiger partial charge in [-0.15, -0.1) is 0 Å². The Morgan fingerprint density at radius 2 is 0.465 bits per heavy atom. The van der Waals surface area contributed by atoms with Gasteiger partial charge in [0.15, 0.2) is 0 Å². The number of hydrogen-bond donors (Lipinski definition) is 1. The van der Waals surface area contributed by atoms with Crippen LogP contribution >= 0.6 is 0 Å². The van der Waals surface area contributed by atoms with Crippen LogP contribution in [0.3, 0.4) is 0 Å². The van der Waals surface area contributed by atoms with E-state index in [2.05, 4.69) is 0 Å². The molecule has 0 bridgehead atoms. The summed E-state index contributed by atoms with van der Waals surface area (Å²) in [5.74, 6) is -2.97. The Bertz CT molecular complexity index is 1450. The average Bonchev–Trinajstić information content (AvgIpc) is 3.34. The van der Waals surface area contributed by atoms with Crippen molar-refractivity contribution in [1.29, 1.82) is 0 Å². The molecule has 0 radical (unpaired) electrons. The lowest BCUT2D eigenvalue weighted by Gasteiger charge is -2.09. The monoisotopic (exact) mass is 1010 g/mol. The van der Waals surface area contributed by atoms with Crippen LogP contribution in [0.5, 0.6) is 0 Å². The Morgan fingerprint density at radius 1 is 0.282 bits per heavy atom. The van der Waals surface area contributed by atoms with Crippen LogP contribution < -0.4 is 0 Å². The van der Waals surface area contributed by atoms with Crippen LogP contribution in [0.2, 0.25) is 0 Å². The van der Waals surface area contributed by atoms with Gasteiger partial charge in [-0.1, -0.05) is 13.8 Å². The van der Waals surface area contributed by atoms with Gasteiger partial charge in [0, 0.05) is 51.4 Å². The maximum absolute atomic E-state index is 12.0. The first-order valence-electron chi connectivity index (χ1n) is 26.8. The molecular weight excluding hydrogens is 925 g/mol. The van der Waals surface area contributed by atoms with E-state index >= 15 is 0 Å². The second-order valence-electron chi connectivity index (χ2n) is 17.9. The SMILES string of the molecule is CCC(C)C(=O)OCCCCCC(=O)OCCCCCC(=O)OCCCCCC(=O)OCCCCCC(=O)OCCCCCC(=O)OCCCCCC(=O)OCCCCCC(=O)OCCCCCC(=O)O. The van der Waals surface area contributed by atoms with Gasteiger partial charge in [0.05, 0.1) is 58.8 Å². The highest BCUT2D eigenvalue weighted by atomic mass is 16.6. The molecule has 0 saturated carbocycles. The zero-order chi connectivity index (χ0) is 52.4. The van der Waals surface area contributed by atoms with Gasteiger partial charge in [0.2, 0.25) is 0 Å². The molecule has 0 rings (SSSR count). The average molecular weight is 1020 g/mol. The number of rotatable bonds is 50. The lowest BCUT2D eigenvalue weighted by atomic mass is 10.1. The summed E-state index contributed by atoms with van der Waals surface area (Å²) in [7, 11) is 0. The van der Waals surface area contributed by atoms with Crippen LogP contribution in [-0.4, -0.2) is 112 Å². The standard InChI is InChI=1S/C53H90O18/c1-3-44(2)53(63)71-43-27-11-19-35-52(62)70-42-26-10-18-34-51(61)69-41-25-9-17-33-50(60)68-40-24-8-16-32-49(59)67-39-23-7-15-31-48(58)66-38-22-6-14-30-47(57)65-37-21-5-13-29-46(56)64-36-20-4-12-28-45(54)55/h44H,3-43H2,1-2H3,(H,54,55). The second-order valence-corrected chi connectivity index (χ2v) is 17.9. The van der Waals surface area contributed by atoms with E-state index in [0.717, 1.165) is 57.8 Å². The van der Waals surface area contributed by atoms with Crippen molar-refractivity contribution in [2.24, 2.45) is 5.92 Å². The minimum Gasteiger partial charge on any atom is -0.481 e. The first kappa shape index (κ1) is 66.2. The summed E-state index contributed by atoms with van der Waals surface area (Å²) < 4.78 is 41.9. The molecule has 410 valence electrons. The molecule has 1 atom stereocenters. The smallest absolute Gasteiger partial charge is 0.308 e. The molecule has 0 aliphatic carbocycles. The van der Waals surface area contributed by atoms with E-state index in [4.69, 9.17) is 43.0 Å². The maximum Gasteiger partial charge on any atom is 0.308 e. The van der Waals surface area contributed by atoms with Crippen molar-refractivity contribution < 1.29 is 86.2 Å². The van der Waals surface area contributed by atoms with Crippen molar-refractivity contribution >= 4 is 53.7 Å². The first-order valence-corrected chi connectivity index (χ1v) is 26.8. The Balaban J connectivity index is 3.50. The molecule has 0 amide bonds. The molecule has 1 unspecified atom stereocenters. The van der Waals surface area contributed by atoms with E-state index in [1.807, 2.05) is 13.8 Å². The third kappa shape index (κ3) is 48.6. The van der Waals surface area contributed by atoms with Gasteiger partial charge in [0.1, 0.15) is 0 Å². The predicted molar refractivity (Wildman–Crippen MR) is 263 cm³/mol. The van der Waals surface area contributed by atoms with Crippen LogP contribution in [0.15, 0.2) is 0 Å². The number of carboxylic acid groups (broad SMARTS) is 1. The molecule has 0 fully saturated rings. The zero-order valence-electron chi connectivity index (χ0n) is 43.5. The molecule has 0 spiro atoms. The summed E-state index contributed by atoms with van der Waals surface area (Å²) in [6.45, 7) is 6.26. The lowest BCUT2D eigenvalue weighted by Crippen LogP contribution is -2.14. The van der Waals surface area contributed by atoms with Crippen molar-refractivity contribution in [3.8, 4) is 0 Å². The maximum atomic E-state index is 12.0. The number of aliphatic carboxylic acids is 1. The van der Waals surface area contributed by atoms with Crippen molar-refractivity contribution in [2.45, 2.75) is 226 Å². The van der Waals surface area contributed by atoms with E-state index in [1.54, 1.807) is 0 Å². The topological polar surface area (TPSA) is 248 Å². The highest BCUT2D eigenvalue weighted by Crippen LogP contribution is 2.11. The number of unbranched alkanes of at least 4 members (excludes halogenated alkanes) is 16. The van der Waals surface area contributed by atoms with Gasteiger partial charge in [0.25, 0.3) is 0 Å². The number of carbonyl (C=O) groups excluding carboxylic acids is 8. The van der Waals surface area contributed by atoms with Crippen molar-refractivity contribution in [1.82, 2.24) is 0 Å². The van der Waals surface area contributed by atoms with Crippen LogP contribution in [0.25, 0.3) is 0 Å². The number of ether oxygens (including phenoxy) is 8. The van der Waals surface area contributed by atoms with E-state index < -0.39 is 5.97 Å². The van der Waals surface area contributed by atoms with E-state index in [9.17, 15) is 43.2 Å². The van der Waals surface area contributed by atoms with Gasteiger partial charge in [-0.3, -0.25) is 43.2 Å². The molecule has 1 N–H and O–H groups in total. The Labute approximate surface area is 423 Å². The zero-order valence-corrected chi connectivity index (χ0v) is 43.5. The molecule has 0 aliphatic rings. The molecule has 0 aromatic rings. The van der Waals surface area contributed by atoms with Crippen LogP contribution in [0.1, 0.15) is 226 Å². The molecule has 0 heterocycles. The van der Waals surface area contributed by atoms with E-state index in [0.29, 0.717) is 188 Å². The fourth-order valence-corrected chi connectivity index (χ4v) is 6.68. The molecule has 0 aromatic heterocycles. The molecule has 0 aliphatic heterocycles. The Kier molecular flexibility index (Phi) is 45.6. The van der Waals surface area contributed by atoms with Crippen LogP contribution in [0.4, 0.5) is 0 Å². The summed E-state index contributed by atoms with van der Waals surface area (Å²) in [6.07, 6.45) is 19.3.